The Morgan fingerprint density at radius 1 is 0.917 bits per heavy atom. The number of ether oxygens (including phenoxy) is 2. The Kier molecular flexibility index (Phi) is 6.15. The summed E-state index contributed by atoms with van der Waals surface area (Å²) in [5, 5.41) is 1.15. The fourth-order valence-electron chi connectivity index (χ4n) is 2.59. The first kappa shape index (κ1) is 18.6. The lowest BCUT2D eigenvalue weighted by atomic mass is 10.1. The van der Waals surface area contributed by atoms with Crippen molar-refractivity contribution in [1.29, 1.82) is 0 Å². The van der Waals surface area contributed by atoms with Gasteiger partial charge in [-0.1, -0.05) is 50.0 Å². The standard InChI is InChI=1S/C19H24O3SSi/c1-21-16-11-7-14(8-12-16)6-9-15-10-13-17(22-2)19(18(15)23-20)24(3,4)5/h6-13,20H,1-5H3/b9-6-. The Bertz CT molecular complexity index is 719. The SMILES string of the molecule is COc1ccc(/C=C\c2ccc(OC)c([Si](C)(C)C)c2SO)cc1. The van der Waals surface area contributed by atoms with Crippen molar-refractivity contribution >= 4 is 37.5 Å². The van der Waals surface area contributed by atoms with E-state index in [4.69, 9.17) is 9.47 Å². The molecule has 2 aromatic rings. The lowest BCUT2D eigenvalue weighted by Crippen LogP contribution is -2.40. The molecule has 2 rings (SSSR count). The van der Waals surface area contributed by atoms with Gasteiger partial charge in [-0.3, -0.25) is 0 Å². The van der Waals surface area contributed by atoms with Crippen LogP contribution >= 0.6 is 12.0 Å². The van der Waals surface area contributed by atoms with Gasteiger partial charge in [0, 0.05) is 16.9 Å². The van der Waals surface area contributed by atoms with Crippen LogP contribution in [-0.2, 0) is 0 Å². The molecule has 3 nitrogen and oxygen atoms in total. The van der Waals surface area contributed by atoms with Crippen LogP contribution in [0.15, 0.2) is 41.3 Å². The predicted molar refractivity (Wildman–Crippen MR) is 106 cm³/mol. The van der Waals surface area contributed by atoms with Crippen molar-refractivity contribution < 1.29 is 14.0 Å². The molecule has 0 bridgehead atoms. The van der Waals surface area contributed by atoms with Gasteiger partial charge in [0.25, 0.3) is 0 Å². The Labute approximate surface area is 149 Å². The number of rotatable bonds is 6. The highest BCUT2D eigenvalue weighted by atomic mass is 32.2. The molecule has 0 heterocycles. The third-order valence-corrected chi connectivity index (χ3v) is 6.58. The fraction of sp³-hybridized carbons (Fsp3) is 0.263. The molecule has 0 atom stereocenters. The first-order valence-electron chi connectivity index (χ1n) is 7.75. The van der Waals surface area contributed by atoms with Crippen LogP contribution in [0.25, 0.3) is 12.2 Å². The summed E-state index contributed by atoms with van der Waals surface area (Å²) < 4.78 is 20.6. The summed E-state index contributed by atoms with van der Waals surface area (Å²) in [6.07, 6.45) is 4.07. The van der Waals surface area contributed by atoms with Gasteiger partial charge < -0.3 is 14.0 Å². The second-order valence-corrected chi connectivity index (χ2v) is 12.1. The zero-order valence-electron chi connectivity index (χ0n) is 14.8. The van der Waals surface area contributed by atoms with Gasteiger partial charge in [0.15, 0.2) is 0 Å². The zero-order chi connectivity index (χ0) is 17.7. The minimum Gasteiger partial charge on any atom is -0.497 e. The number of benzene rings is 2. The van der Waals surface area contributed by atoms with Gasteiger partial charge >= 0.3 is 0 Å². The van der Waals surface area contributed by atoms with Crippen molar-refractivity contribution in [2.75, 3.05) is 14.2 Å². The van der Waals surface area contributed by atoms with Crippen molar-refractivity contribution in [3.05, 3.63) is 47.5 Å². The van der Waals surface area contributed by atoms with E-state index in [9.17, 15) is 4.55 Å². The molecule has 0 radical (unpaired) electrons. The molecule has 0 amide bonds. The third kappa shape index (κ3) is 4.23. The number of methoxy groups -OCH3 is 2. The topological polar surface area (TPSA) is 38.7 Å². The summed E-state index contributed by atoms with van der Waals surface area (Å²) in [7, 11) is 1.66. The average Bonchev–Trinajstić information content (AvgIpc) is 2.58. The predicted octanol–water partition coefficient (Wildman–Crippen LogP) is 4.98. The lowest BCUT2D eigenvalue weighted by molar-refractivity contribution is 0.415. The van der Waals surface area contributed by atoms with Gasteiger partial charge in [-0.2, -0.15) is 0 Å². The largest absolute Gasteiger partial charge is 0.497 e. The molecule has 24 heavy (non-hydrogen) atoms. The molecule has 0 aliphatic rings. The van der Waals surface area contributed by atoms with E-state index in [0.717, 1.165) is 44.8 Å². The molecule has 128 valence electrons. The summed E-state index contributed by atoms with van der Waals surface area (Å²) in [6.45, 7) is 6.75. The monoisotopic (exact) mass is 360 g/mol. The molecule has 0 spiro atoms. The number of hydrogen-bond donors (Lipinski definition) is 1. The second-order valence-electron chi connectivity index (χ2n) is 6.51. The van der Waals surface area contributed by atoms with Gasteiger partial charge in [0.05, 0.1) is 22.3 Å². The van der Waals surface area contributed by atoms with E-state index in [1.165, 1.54) is 0 Å². The van der Waals surface area contributed by atoms with E-state index in [-0.39, 0.29) is 0 Å². The van der Waals surface area contributed by atoms with Crippen molar-refractivity contribution in [3.63, 3.8) is 0 Å². The minimum atomic E-state index is -1.67. The average molecular weight is 361 g/mol. The normalized spacial score (nSPS) is 11.8. The highest BCUT2D eigenvalue weighted by Crippen LogP contribution is 2.28. The molecule has 0 aliphatic carbocycles. The molecular weight excluding hydrogens is 336 g/mol. The first-order valence-corrected chi connectivity index (χ1v) is 12.0. The molecule has 0 saturated heterocycles. The maximum atomic E-state index is 9.88. The molecule has 2 aromatic carbocycles. The molecule has 0 aliphatic heterocycles. The van der Waals surface area contributed by atoms with Crippen LogP contribution in [0.1, 0.15) is 11.1 Å². The Hall–Kier alpha value is -1.69. The van der Waals surface area contributed by atoms with E-state index < -0.39 is 8.07 Å². The van der Waals surface area contributed by atoms with Crippen LogP contribution in [-0.4, -0.2) is 26.8 Å². The zero-order valence-corrected chi connectivity index (χ0v) is 16.6. The summed E-state index contributed by atoms with van der Waals surface area (Å²) >= 11 is 0.803. The molecule has 0 fully saturated rings. The summed E-state index contributed by atoms with van der Waals surface area (Å²) in [4.78, 5) is 0.887. The van der Waals surface area contributed by atoms with Gasteiger partial charge in [-0.05, 0) is 34.5 Å². The summed E-state index contributed by atoms with van der Waals surface area (Å²) in [6, 6.07) is 11.8. The lowest BCUT2D eigenvalue weighted by Gasteiger charge is -2.24. The van der Waals surface area contributed by atoms with Crippen LogP contribution in [0, 0.1) is 0 Å². The van der Waals surface area contributed by atoms with Gasteiger partial charge in [0.1, 0.15) is 11.5 Å². The Morgan fingerprint density at radius 2 is 1.58 bits per heavy atom. The number of hydrogen-bond acceptors (Lipinski definition) is 4. The summed E-state index contributed by atoms with van der Waals surface area (Å²) in [5.41, 5.74) is 2.08. The van der Waals surface area contributed by atoms with Crippen LogP contribution in [0.3, 0.4) is 0 Å². The van der Waals surface area contributed by atoms with Crippen LogP contribution in [0.5, 0.6) is 11.5 Å². The van der Waals surface area contributed by atoms with E-state index >= 15 is 0 Å². The van der Waals surface area contributed by atoms with Crippen LogP contribution < -0.4 is 14.7 Å². The molecular formula is C19H24O3SSi. The van der Waals surface area contributed by atoms with Gasteiger partial charge in [0.2, 0.25) is 0 Å². The molecule has 0 saturated carbocycles. The molecule has 1 N–H and O–H groups in total. The van der Waals surface area contributed by atoms with Gasteiger partial charge in [-0.25, -0.2) is 0 Å². The van der Waals surface area contributed by atoms with Crippen molar-refractivity contribution in [1.82, 2.24) is 0 Å². The molecule has 0 aromatic heterocycles. The summed E-state index contributed by atoms with van der Waals surface area (Å²) in [5.74, 6) is 1.69. The minimum absolute atomic E-state index is 0.803. The molecule has 0 unspecified atom stereocenters. The first-order chi connectivity index (χ1) is 11.4. The van der Waals surface area contributed by atoms with Crippen molar-refractivity contribution in [2.24, 2.45) is 0 Å². The van der Waals surface area contributed by atoms with Crippen molar-refractivity contribution in [2.45, 2.75) is 24.5 Å². The van der Waals surface area contributed by atoms with Gasteiger partial charge in [-0.15, -0.1) is 0 Å². The Morgan fingerprint density at radius 3 is 2.08 bits per heavy atom. The Balaban J connectivity index is 2.44. The van der Waals surface area contributed by atoms with Crippen LogP contribution in [0.4, 0.5) is 0 Å². The van der Waals surface area contributed by atoms with Crippen LogP contribution in [0.2, 0.25) is 19.6 Å². The smallest absolute Gasteiger partial charge is 0.119 e. The molecule has 5 heteroatoms. The van der Waals surface area contributed by atoms with E-state index in [2.05, 4.69) is 19.6 Å². The van der Waals surface area contributed by atoms with E-state index in [1.54, 1.807) is 14.2 Å². The third-order valence-electron chi connectivity index (χ3n) is 3.78. The fourth-order valence-corrected chi connectivity index (χ4v) is 5.83. The maximum Gasteiger partial charge on any atom is 0.119 e. The van der Waals surface area contributed by atoms with E-state index in [0.29, 0.717) is 0 Å². The highest BCUT2D eigenvalue weighted by Gasteiger charge is 2.26. The highest BCUT2D eigenvalue weighted by molar-refractivity contribution is 7.94. The van der Waals surface area contributed by atoms with Crippen molar-refractivity contribution in [3.8, 4) is 11.5 Å². The maximum absolute atomic E-state index is 9.88. The quantitative estimate of drug-likeness (QED) is 0.448. The van der Waals surface area contributed by atoms with E-state index in [1.807, 2.05) is 48.6 Å². The second kappa shape index (κ2) is 7.92.